The molecule has 0 aliphatic carbocycles. The number of ether oxygens (including phenoxy) is 2. The quantitative estimate of drug-likeness (QED) is 0.791. The molecule has 0 aliphatic heterocycles. The van der Waals surface area contributed by atoms with Crippen LogP contribution in [-0.2, 0) is 9.53 Å². The molecule has 15 heavy (non-hydrogen) atoms. The minimum absolute atomic E-state index is 0.353. The molecule has 0 spiro atoms. The molecular weight excluding hydrogens is 260 g/mol. The zero-order chi connectivity index (χ0) is 11.3. The van der Waals surface area contributed by atoms with Crippen LogP contribution in [0.1, 0.15) is 13.3 Å². The van der Waals surface area contributed by atoms with E-state index >= 15 is 0 Å². The maximum Gasteiger partial charge on any atom is 0.347 e. The van der Waals surface area contributed by atoms with Crippen molar-refractivity contribution < 1.29 is 14.3 Å². The van der Waals surface area contributed by atoms with Gasteiger partial charge in [0.15, 0.2) is 6.10 Å². The standard InChI is InChI=1S/C11H13BrO3/c1-3-9(11(13)14-2)15-10-7-5-4-6-8(10)12/h4-7,9H,3H2,1-2H3. The number of hydrogen-bond donors (Lipinski definition) is 0. The number of carbonyl (C=O) groups is 1. The van der Waals surface area contributed by atoms with Crippen LogP contribution < -0.4 is 4.74 Å². The normalized spacial score (nSPS) is 11.9. The van der Waals surface area contributed by atoms with Crippen LogP contribution in [0.25, 0.3) is 0 Å². The Morgan fingerprint density at radius 3 is 2.67 bits per heavy atom. The summed E-state index contributed by atoms with van der Waals surface area (Å²) in [6.45, 7) is 1.87. The maximum atomic E-state index is 11.3. The summed E-state index contributed by atoms with van der Waals surface area (Å²) in [6, 6.07) is 7.40. The smallest absolute Gasteiger partial charge is 0.347 e. The number of halogens is 1. The topological polar surface area (TPSA) is 35.5 Å². The fraction of sp³-hybridized carbons (Fsp3) is 0.364. The Labute approximate surface area is 97.5 Å². The number of methoxy groups -OCH3 is 1. The summed E-state index contributed by atoms with van der Waals surface area (Å²) in [5.41, 5.74) is 0. The summed E-state index contributed by atoms with van der Waals surface area (Å²) in [5, 5.41) is 0. The Morgan fingerprint density at radius 2 is 2.13 bits per heavy atom. The van der Waals surface area contributed by atoms with E-state index in [1.165, 1.54) is 7.11 Å². The van der Waals surface area contributed by atoms with E-state index in [4.69, 9.17) is 4.74 Å². The summed E-state index contributed by atoms with van der Waals surface area (Å²) < 4.78 is 11.0. The highest BCUT2D eigenvalue weighted by Gasteiger charge is 2.19. The molecule has 1 aromatic carbocycles. The summed E-state index contributed by atoms with van der Waals surface area (Å²) in [4.78, 5) is 11.3. The fourth-order valence-electron chi connectivity index (χ4n) is 1.12. The summed E-state index contributed by atoms with van der Waals surface area (Å²) in [7, 11) is 1.36. The first-order chi connectivity index (χ1) is 7.19. The van der Waals surface area contributed by atoms with Gasteiger partial charge in [0.1, 0.15) is 5.75 Å². The molecule has 4 heteroatoms. The predicted octanol–water partition coefficient (Wildman–Crippen LogP) is 2.78. The van der Waals surface area contributed by atoms with Crippen LogP contribution in [0.5, 0.6) is 5.75 Å². The first kappa shape index (κ1) is 12.0. The van der Waals surface area contributed by atoms with E-state index in [0.717, 1.165) is 4.47 Å². The average Bonchev–Trinajstić information content (AvgIpc) is 2.27. The van der Waals surface area contributed by atoms with Gasteiger partial charge in [0.05, 0.1) is 11.6 Å². The van der Waals surface area contributed by atoms with Gasteiger partial charge in [-0.05, 0) is 34.5 Å². The van der Waals surface area contributed by atoms with E-state index in [1.807, 2.05) is 25.1 Å². The van der Waals surface area contributed by atoms with Crippen molar-refractivity contribution >= 4 is 21.9 Å². The van der Waals surface area contributed by atoms with Crippen LogP contribution in [-0.4, -0.2) is 19.2 Å². The summed E-state index contributed by atoms with van der Waals surface area (Å²) in [6.07, 6.45) is 0.0299. The molecule has 1 atom stereocenters. The van der Waals surface area contributed by atoms with Gasteiger partial charge in [-0.15, -0.1) is 0 Å². The summed E-state index contributed by atoms with van der Waals surface area (Å²) >= 11 is 3.35. The van der Waals surface area contributed by atoms with Gasteiger partial charge >= 0.3 is 5.97 Å². The van der Waals surface area contributed by atoms with Crippen molar-refractivity contribution in [2.45, 2.75) is 19.4 Å². The van der Waals surface area contributed by atoms with Crippen LogP contribution in [0.4, 0.5) is 0 Å². The molecule has 0 aliphatic rings. The monoisotopic (exact) mass is 272 g/mol. The maximum absolute atomic E-state index is 11.3. The minimum Gasteiger partial charge on any atom is -0.478 e. The SMILES string of the molecule is CCC(Oc1ccccc1Br)C(=O)OC. The van der Waals surface area contributed by atoms with Crippen molar-refractivity contribution in [2.75, 3.05) is 7.11 Å². The number of rotatable bonds is 4. The molecule has 0 saturated carbocycles. The predicted molar refractivity (Wildman–Crippen MR) is 60.9 cm³/mol. The molecule has 0 saturated heterocycles. The lowest BCUT2D eigenvalue weighted by Crippen LogP contribution is -2.27. The van der Waals surface area contributed by atoms with Crippen LogP contribution in [0.2, 0.25) is 0 Å². The lowest BCUT2D eigenvalue weighted by atomic mass is 10.2. The Bertz CT molecular complexity index is 338. The Hall–Kier alpha value is -1.03. The molecule has 0 radical (unpaired) electrons. The van der Waals surface area contributed by atoms with E-state index in [-0.39, 0.29) is 5.97 Å². The molecular formula is C11H13BrO3. The molecule has 3 nitrogen and oxygen atoms in total. The molecule has 0 fully saturated rings. The van der Waals surface area contributed by atoms with E-state index in [1.54, 1.807) is 6.07 Å². The number of hydrogen-bond acceptors (Lipinski definition) is 3. The largest absolute Gasteiger partial charge is 0.478 e. The Morgan fingerprint density at radius 1 is 1.47 bits per heavy atom. The summed E-state index contributed by atoms with van der Waals surface area (Å²) in [5.74, 6) is 0.294. The molecule has 1 unspecified atom stereocenters. The van der Waals surface area contributed by atoms with Crippen LogP contribution in [0.3, 0.4) is 0 Å². The van der Waals surface area contributed by atoms with Gasteiger partial charge in [0.25, 0.3) is 0 Å². The number of esters is 1. The second kappa shape index (κ2) is 5.75. The first-order valence-electron chi connectivity index (χ1n) is 4.68. The zero-order valence-electron chi connectivity index (χ0n) is 8.70. The van der Waals surface area contributed by atoms with Gasteiger partial charge in [0.2, 0.25) is 0 Å². The van der Waals surface area contributed by atoms with E-state index in [0.29, 0.717) is 12.2 Å². The number of para-hydroxylation sites is 1. The van der Waals surface area contributed by atoms with E-state index in [2.05, 4.69) is 20.7 Å². The highest BCUT2D eigenvalue weighted by Crippen LogP contribution is 2.25. The Balaban J connectivity index is 2.75. The highest BCUT2D eigenvalue weighted by molar-refractivity contribution is 9.10. The average molecular weight is 273 g/mol. The minimum atomic E-state index is -0.548. The molecule has 0 N–H and O–H groups in total. The second-order valence-electron chi connectivity index (χ2n) is 2.97. The third kappa shape index (κ3) is 3.23. The Kier molecular flexibility index (Phi) is 4.62. The molecule has 0 amide bonds. The van der Waals surface area contributed by atoms with Crippen LogP contribution in [0.15, 0.2) is 28.7 Å². The fourth-order valence-corrected chi connectivity index (χ4v) is 1.50. The lowest BCUT2D eigenvalue weighted by molar-refractivity contribution is -0.148. The van der Waals surface area contributed by atoms with Gasteiger partial charge in [-0.2, -0.15) is 0 Å². The zero-order valence-corrected chi connectivity index (χ0v) is 10.3. The lowest BCUT2D eigenvalue weighted by Gasteiger charge is -2.15. The molecule has 82 valence electrons. The molecule has 1 rings (SSSR count). The van der Waals surface area contributed by atoms with Crippen LogP contribution in [0, 0.1) is 0 Å². The van der Waals surface area contributed by atoms with Crippen molar-refractivity contribution in [2.24, 2.45) is 0 Å². The molecule has 0 heterocycles. The molecule has 0 aromatic heterocycles. The molecule has 1 aromatic rings. The third-order valence-corrected chi connectivity index (χ3v) is 2.60. The van der Waals surface area contributed by atoms with Crippen molar-refractivity contribution in [1.82, 2.24) is 0 Å². The van der Waals surface area contributed by atoms with Gasteiger partial charge in [-0.25, -0.2) is 4.79 Å². The van der Waals surface area contributed by atoms with Crippen molar-refractivity contribution in [3.05, 3.63) is 28.7 Å². The van der Waals surface area contributed by atoms with Gasteiger partial charge in [-0.3, -0.25) is 0 Å². The van der Waals surface area contributed by atoms with Crippen molar-refractivity contribution in [3.8, 4) is 5.75 Å². The second-order valence-corrected chi connectivity index (χ2v) is 3.82. The van der Waals surface area contributed by atoms with E-state index in [9.17, 15) is 4.79 Å². The number of carbonyl (C=O) groups excluding carboxylic acids is 1. The molecule has 0 bridgehead atoms. The van der Waals surface area contributed by atoms with Crippen molar-refractivity contribution in [1.29, 1.82) is 0 Å². The van der Waals surface area contributed by atoms with Crippen molar-refractivity contribution in [3.63, 3.8) is 0 Å². The van der Waals surface area contributed by atoms with Crippen LogP contribution >= 0.6 is 15.9 Å². The van der Waals surface area contributed by atoms with E-state index < -0.39 is 6.10 Å². The van der Waals surface area contributed by atoms with Gasteiger partial charge in [-0.1, -0.05) is 19.1 Å². The first-order valence-corrected chi connectivity index (χ1v) is 5.47. The van der Waals surface area contributed by atoms with Gasteiger partial charge < -0.3 is 9.47 Å². The number of benzene rings is 1. The highest BCUT2D eigenvalue weighted by atomic mass is 79.9. The van der Waals surface area contributed by atoms with Gasteiger partial charge in [0, 0.05) is 0 Å². The third-order valence-electron chi connectivity index (χ3n) is 1.94.